The van der Waals surface area contributed by atoms with Crippen molar-refractivity contribution in [3.05, 3.63) is 90.6 Å². The Balaban J connectivity index is 1.41. The number of imidazole rings is 1. The summed E-state index contributed by atoms with van der Waals surface area (Å²) in [6.07, 6.45) is 3.64. The van der Waals surface area contributed by atoms with Crippen LogP contribution in [0.3, 0.4) is 0 Å². The lowest BCUT2D eigenvalue weighted by Crippen LogP contribution is -2.17. The van der Waals surface area contributed by atoms with Crippen molar-refractivity contribution in [2.45, 2.75) is 25.8 Å². The van der Waals surface area contributed by atoms with Crippen LogP contribution in [0.4, 0.5) is 16.0 Å². The van der Waals surface area contributed by atoms with Crippen molar-refractivity contribution >= 4 is 22.4 Å². The van der Waals surface area contributed by atoms with E-state index in [1.165, 1.54) is 22.9 Å². The van der Waals surface area contributed by atoms with Crippen LogP contribution >= 0.6 is 0 Å². The van der Waals surface area contributed by atoms with Crippen molar-refractivity contribution in [3.63, 3.8) is 0 Å². The van der Waals surface area contributed by atoms with E-state index in [1.54, 1.807) is 18.3 Å². The average Bonchev–Trinajstić information content (AvgIpc) is 3.48. The molecule has 0 amide bonds. The smallest absolute Gasteiger partial charge is 0.223 e. The van der Waals surface area contributed by atoms with Gasteiger partial charge >= 0.3 is 0 Å². The summed E-state index contributed by atoms with van der Waals surface area (Å²) in [5.74, 6) is 1.34. The Morgan fingerprint density at radius 3 is 2.64 bits per heavy atom. The summed E-state index contributed by atoms with van der Waals surface area (Å²) in [6, 6.07) is 23.4. The molecule has 1 aliphatic rings. The van der Waals surface area contributed by atoms with Gasteiger partial charge in [0.2, 0.25) is 5.95 Å². The molecule has 2 aromatic heterocycles. The van der Waals surface area contributed by atoms with Crippen molar-refractivity contribution in [2.75, 3.05) is 23.7 Å². The van der Waals surface area contributed by atoms with Gasteiger partial charge < -0.3 is 15.2 Å². The molecule has 1 atom stereocenters. The standard InChI is InChI=1S/C29H27FN6/c1-2-31-29-32-17-16-25(34-29)28-27(20-10-12-21(30)13-11-20)35-26-15-14-22(36(26)28)18-33-24-9-5-7-19-6-3-4-8-23(19)24/h3-13,16-17,22,33H,2,14-15,18H2,1H3,(H,31,32,34). The first-order valence-electron chi connectivity index (χ1n) is 12.4. The molecule has 0 spiro atoms. The third-order valence-electron chi connectivity index (χ3n) is 6.72. The molecule has 180 valence electrons. The van der Waals surface area contributed by atoms with Crippen molar-refractivity contribution in [1.82, 2.24) is 19.5 Å². The molecule has 0 radical (unpaired) electrons. The maximum Gasteiger partial charge on any atom is 0.223 e. The predicted molar refractivity (Wildman–Crippen MR) is 143 cm³/mol. The van der Waals surface area contributed by atoms with E-state index < -0.39 is 0 Å². The van der Waals surface area contributed by atoms with Gasteiger partial charge in [-0.05, 0) is 55.1 Å². The molecule has 3 aromatic carbocycles. The molecule has 2 N–H and O–H groups in total. The van der Waals surface area contributed by atoms with Crippen LogP contribution < -0.4 is 10.6 Å². The zero-order valence-corrected chi connectivity index (χ0v) is 20.1. The highest BCUT2D eigenvalue weighted by atomic mass is 19.1. The minimum absolute atomic E-state index is 0.202. The fourth-order valence-corrected chi connectivity index (χ4v) is 5.06. The summed E-state index contributed by atoms with van der Waals surface area (Å²) in [5.41, 5.74) is 4.56. The Labute approximate surface area is 209 Å². The molecule has 0 fully saturated rings. The van der Waals surface area contributed by atoms with Crippen LogP contribution in [-0.2, 0) is 6.42 Å². The van der Waals surface area contributed by atoms with E-state index >= 15 is 0 Å². The number of halogens is 1. The summed E-state index contributed by atoms with van der Waals surface area (Å²) in [7, 11) is 0. The molecule has 0 saturated heterocycles. The molecule has 7 heteroatoms. The SMILES string of the molecule is CCNc1nccc(-c2c(-c3ccc(F)cc3)nc3n2C(CNc2cccc4ccccc24)CC3)n1. The second-order valence-corrected chi connectivity index (χ2v) is 9.00. The third-order valence-corrected chi connectivity index (χ3v) is 6.72. The van der Waals surface area contributed by atoms with Gasteiger partial charge in [-0.1, -0.05) is 36.4 Å². The molecule has 0 bridgehead atoms. The van der Waals surface area contributed by atoms with Crippen LogP contribution in [0, 0.1) is 5.82 Å². The van der Waals surface area contributed by atoms with E-state index in [0.717, 1.165) is 60.1 Å². The monoisotopic (exact) mass is 478 g/mol. The van der Waals surface area contributed by atoms with Gasteiger partial charge in [-0.2, -0.15) is 0 Å². The van der Waals surface area contributed by atoms with E-state index in [2.05, 4.69) is 62.6 Å². The van der Waals surface area contributed by atoms with Gasteiger partial charge in [-0.15, -0.1) is 0 Å². The van der Waals surface area contributed by atoms with Crippen molar-refractivity contribution in [1.29, 1.82) is 0 Å². The van der Waals surface area contributed by atoms with Crippen LogP contribution in [0.15, 0.2) is 79.0 Å². The molecular formula is C29H27FN6. The number of nitrogens with zero attached hydrogens (tertiary/aromatic N) is 4. The topological polar surface area (TPSA) is 67.7 Å². The summed E-state index contributed by atoms with van der Waals surface area (Å²) in [6.45, 7) is 3.51. The zero-order valence-electron chi connectivity index (χ0n) is 20.1. The predicted octanol–water partition coefficient (Wildman–Crippen LogP) is 6.33. The van der Waals surface area contributed by atoms with E-state index in [1.807, 2.05) is 13.0 Å². The van der Waals surface area contributed by atoms with Crippen LogP contribution in [0.2, 0.25) is 0 Å². The Morgan fingerprint density at radius 2 is 1.78 bits per heavy atom. The van der Waals surface area contributed by atoms with Gasteiger partial charge in [0.1, 0.15) is 11.6 Å². The maximum absolute atomic E-state index is 13.7. The first kappa shape index (κ1) is 22.2. The van der Waals surface area contributed by atoms with Crippen LogP contribution in [0.5, 0.6) is 0 Å². The second-order valence-electron chi connectivity index (χ2n) is 9.00. The minimum atomic E-state index is -0.263. The molecule has 6 nitrogen and oxygen atoms in total. The number of anilines is 2. The first-order chi connectivity index (χ1) is 17.7. The number of hydrogen-bond acceptors (Lipinski definition) is 5. The number of benzene rings is 3. The summed E-state index contributed by atoms with van der Waals surface area (Å²) >= 11 is 0. The molecular weight excluding hydrogens is 451 g/mol. The molecule has 1 aliphatic heterocycles. The fraction of sp³-hybridized carbons (Fsp3) is 0.207. The molecule has 0 saturated carbocycles. The Hall–Kier alpha value is -4.26. The summed E-state index contributed by atoms with van der Waals surface area (Å²) in [5, 5.41) is 9.33. The lowest BCUT2D eigenvalue weighted by atomic mass is 10.1. The highest BCUT2D eigenvalue weighted by molar-refractivity contribution is 5.93. The second kappa shape index (κ2) is 9.41. The Bertz CT molecular complexity index is 1520. The highest BCUT2D eigenvalue weighted by Crippen LogP contribution is 2.39. The van der Waals surface area contributed by atoms with Gasteiger partial charge in [0.15, 0.2) is 0 Å². The van der Waals surface area contributed by atoms with Gasteiger partial charge in [0, 0.05) is 42.3 Å². The van der Waals surface area contributed by atoms with Crippen molar-refractivity contribution in [2.24, 2.45) is 0 Å². The molecule has 36 heavy (non-hydrogen) atoms. The molecule has 6 rings (SSSR count). The van der Waals surface area contributed by atoms with Gasteiger partial charge in [0.25, 0.3) is 0 Å². The van der Waals surface area contributed by atoms with E-state index in [4.69, 9.17) is 9.97 Å². The fourth-order valence-electron chi connectivity index (χ4n) is 5.06. The van der Waals surface area contributed by atoms with Crippen LogP contribution in [0.1, 0.15) is 25.2 Å². The Kier molecular flexibility index (Phi) is 5.81. The number of aryl methyl sites for hydroxylation is 1. The van der Waals surface area contributed by atoms with Gasteiger partial charge in [0.05, 0.1) is 23.1 Å². The lowest BCUT2D eigenvalue weighted by molar-refractivity contribution is 0.559. The Morgan fingerprint density at radius 1 is 0.944 bits per heavy atom. The first-order valence-corrected chi connectivity index (χ1v) is 12.4. The largest absolute Gasteiger partial charge is 0.382 e. The minimum Gasteiger partial charge on any atom is -0.382 e. The number of fused-ring (bicyclic) bond motifs is 2. The zero-order chi connectivity index (χ0) is 24.5. The molecule has 0 aliphatic carbocycles. The quantitative estimate of drug-likeness (QED) is 0.286. The molecule has 1 unspecified atom stereocenters. The van der Waals surface area contributed by atoms with E-state index in [9.17, 15) is 4.39 Å². The highest BCUT2D eigenvalue weighted by Gasteiger charge is 2.31. The third kappa shape index (κ3) is 4.06. The molecule has 3 heterocycles. The lowest BCUT2D eigenvalue weighted by Gasteiger charge is -2.19. The summed E-state index contributed by atoms with van der Waals surface area (Å²) < 4.78 is 16.0. The number of nitrogens with one attached hydrogen (secondary N) is 2. The number of hydrogen-bond donors (Lipinski definition) is 2. The number of aromatic nitrogens is 4. The van der Waals surface area contributed by atoms with Crippen molar-refractivity contribution in [3.8, 4) is 22.6 Å². The molecule has 5 aromatic rings. The maximum atomic E-state index is 13.7. The number of rotatable bonds is 7. The van der Waals surface area contributed by atoms with Crippen molar-refractivity contribution < 1.29 is 4.39 Å². The average molecular weight is 479 g/mol. The van der Waals surface area contributed by atoms with Crippen LogP contribution in [0.25, 0.3) is 33.4 Å². The normalized spacial score (nSPS) is 14.7. The van der Waals surface area contributed by atoms with Gasteiger partial charge in [-0.3, -0.25) is 0 Å². The van der Waals surface area contributed by atoms with Crippen LogP contribution in [-0.4, -0.2) is 32.6 Å². The van der Waals surface area contributed by atoms with E-state index in [-0.39, 0.29) is 11.9 Å². The van der Waals surface area contributed by atoms with E-state index in [0.29, 0.717) is 5.95 Å². The van der Waals surface area contributed by atoms with Gasteiger partial charge in [-0.25, -0.2) is 19.3 Å². The summed E-state index contributed by atoms with van der Waals surface area (Å²) in [4.78, 5) is 14.2.